The van der Waals surface area contributed by atoms with Crippen LogP contribution in [-0.4, -0.2) is 31.5 Å². The smallest absolute Gasteiger partial charge is 0.251 e. The fraction of sp³-hybridized carbons (Fsp3) is 0.667. The zero-order chi connectivity index (χ0) is 12.7. The van der Waals surface area contributed by atoms with Crippen molar-refractivity contribution >= 4 is 0 Å². The summed E-state index contributed by atoms with van der Waals surface area (Å²) in [7, 11) is 1.66. The Bertz CT molecular complexity index is 315. The lowest BCUT2D eigenvalue weighted by Gasteiger charge is -2.13. The summed E-state index contributed by atoms with van der Waals surface area (Å²) in [6, 6.07) is 1.91. The molecule has 0 aliphatic carbocycles. The maximum atomic E-state index is 12.1. The summed E-state index contributed by atoms with van der Waals surface area (Å²) in [5, 5.41) is 3.26. The van der Waals surface area contributed by atoms with E-state index in [1.807, 2.05) is 6.07 Å². The quantitative estimate of drug-likeness (QED) is 0.714. The van der Waals surface area contributed by atoms with E-state index in [4.69, 9.17) is 4.42 Å². The molecule has 0 aliphatic rings. The lowest BCUT2D eigenvalue weighted by atomic mass is 10.3. The summed E-state index contributed by atoms with van der Waals surface area (Å²) in [5.41, 5.74) is 1.05. The van der Waals surface area contributed by atoms with Crippen molar-refractivity contribution in [3.8, 4) is 0 Å². The molecule has 0 amide bonds. The molecule has 0 aliphatic heterocycles. The molecular formula is C12H20F2N2O. The molecule has 17 heavy (non-hydrogen) atoms. The van der Waals surface area contributed by atoms with Crippen molar-refractivity contribution in [2.24, 2.45) is 0 Å². The maximum Gasteiger partial charge on any atom is 0.251 e. The van der Waals surface area contributed by atoms with Crippen LogP contribution in [0.4, 0.5) is 8.78 Å². The van der Waals surface area contributed by atoms with Crippen LogP contribution >= 0.6 is 0 Å². The highest BCUT2D eigenvalue weighted by Gasteiger charge is 2.10. The first-order valence-electron chi connectivity index (χ1n) is 5.85. The van der Waals surface area contributed by atoms with Gasteiger partial charge in [0.05, 0.1) is 19.4 Å². The Hall–Kier alpha value is -0.940. The molecule has 0 aromatic carbocycles. The zero-order valence-electron chi connectivity index (χ0n) is 10.4. The monoisotopic (exact) mass is 246 g/mol. The third-order valence-electron chi connectivity index (χ3n) is 2.34. The van der Waals surface area contributed by atoms with Gasteiger partial charge in [-0.15, -0.1) is 0 Å². The first kappa shape index (κ1) is 14.1. The third-order valence-corrected chi connectivity index (χ3v) is 2.34. The van der Waals surface area contributed by atoms with Crippen molar-refractivity contribution < 1.29 is 13.2 Å². The van der Waals surface area contributed by atoms with Crippen molar-refractivity contribution in [1.29, 1.82) is 0 Å². The molecule has 0 spiro atoms. The van der Waals surface area contributed by atoms with E-state index in [0.29, 0.717) is 6.54 Å². The van der Waals surface area contributed by atoms with Crippen molar-refractivity contribution in [3.05, 3.63) is 23.7 Å². The minimum Gasteiger partial charge on any atom is -0.468 e. The first-order valence-corrected chi connectivity index (χ1v) is 5.85. The van der Waals surface area contributed by atoms with Gasteiger partial charge in [0.25, 0.3) is 6.43 Å². The molecule has 0 radical (unpaired) electrons. The zero-order valence-corrected chi connectivity index (χ0v) is 10.4. The molecule has 0 bridgehead atoms. The Balaban J connectivity index is 2.34. The number of hydrogen-bond acceptors (Lipinski definition) is 3. The molecule has 3 nitrogen and oxygen atoms in total. The number of nitrogens with zero attached hydrogens (tertiary/aromatic N) is 1. The van der Waals surface area contributed by atoms with Gasteiger partial charge < -0.3 is 9.73 Å². The standard InChI is InChI=1S/C12H20F2N2O/c1-3-4-15-6-10-5-11(17-9-10)7-16(2)8-12(13)14/h5,9,12,15H,3-4,6-8H2,1-2H3. The second-order valence-electron chi connectivity index (χ2n) is 4.19. The lowest BCUT2D eigenvalue weighted by Crippen LogP contribution is -2.23. The van der Waals surface area contributed by atoms with E-state index in [1.54, 1.807) is 18.2 Å². The molecule has 0 saturated heterocycles. The van der Waals surface area contributed by atoms with E-state index in [2.05, 4.69) is 12.2 Å². The predicted molar refractivity (Wildman–Crippen MR) is 63.0 cm³/mol. The van der Waals surface area contributed by atoms with Crippen LogP contribution in [0.15, 0.2) is 16.7 Å². The molecule has 1 aromatic heterocycles. The van der Waals surface area contributed by atoms with Crippen molar-refractivity contribution in [2.75, 3.05) is 20.1 Å². The van der Waals surface area contributed by atoms with Crippen LogP contribution in [0.25, 0.3) is 0 Å². The molecule has 1 rings (SSSR count). The first-order chi connectivity index (χ1) is 8.11. The maximum absolute atomic E-state index is 12.1. The fourth-order valence-electron chi connectivity index (χ4n) is 1.58. The summed E-state index contributed by atoms with van der Waals surface area (Å²) in [6.45, 7) is 4.01. The second kappa shape index (κ2) is 7.40. The van der Waals surface area contributed by atoms with Crippen LogP contribution in [0.3, 0.4) is 0 Å². The summed E-state index contributed by atoms with van der Waals surface area (Å²) in [4.78, 5) is 1.55. The van der Waals surface area contributed by atoms with Crippen LogP contribution in [0, 0.1) is 0 Å². The van der Waals surface area contributed by atoms with Crippen LogP contribution in [0.1, 0.15) is 24.7 Å². The number of furan rings is 1. The number of rotatable bonds is 8. The van der Waals surface area contributed by atoms with Crippen LogP contribution < -0.4 is 5.32 Å². The number of halogens is 2. The number of alkyl halides is 2. The molecule has 98 valence electrons. The largest absolute Gasteiger partial charge is 0.468 e. The number of hydrogen-bond donors (Lipinski definition) is 1. The van der Waals surface area contributed by atoms with Crippen molar-refractivity contribution in [2.45, 2.75) is 32.9 Å². The summed E-state index contributed by atoms with van der Waals surface area (Å²) >= 11 is 0. The Labute approximate surface area is 101 Å². The number of nitrogens with one attached hydrogen (secondary N) is 1. The van der Waals surface area contributed by atoms with Gasteiger partial charge in [-0.25, -0.2) is 8.78 Å². The second-order valence-corrected chi connectivity index (χ2v) is 4.19. The highest BCUT2D eigenvalue weighted by molar-refractivity contribution is 5.12. The Morgan fingerprint density at radius 3 is 2.88 bits per heavy atom. The van der Waals surface area contributed by atoms with Gasteiger partial charge in [0.15, 0.2) is 0 Å². The molecule has 0 fully saturated rings. The van der Waals surface area contributed by atoms with E-state index in [9.17, 15) is 8.78 Å². The third kappa shape index (κ3) is 5.79. The van der Waals surface area contributed by atoms with Gasteiger partial charge in [-0.05, 0) is 26.1 Å². The molecule has 1 aromatic rings. The summed E-state index contributed by atoms with van der Waals surface area (Å²) in [5.74, 6) is 0.724. The fourth-order valence-corrected chi connectivity index (χ4v) is 1.58. The Morgan fingerprint density at radius 1 is 1.47 bits per heavy atom. The topological polar surface area (TPSA) is 28.4 Å². The molecule has 0 atom stereocenters. The summed E-state index contributed by atoms with van der Waals surface area (Å²) < 4.78 is 29.6. The highest BCUT2D eigenvalue weighted by atomic mass is 19.3. The molecule has 5 heteroatoms. The Morgan fingerprint density at radius 2 is 2.24 bits per heavy atom. The van der Waals surface area contributed by atoms with E-state index in [-0.39, 0.29) is 6.54 Å². The van der Waals surface area contributed by atoms with E-state index in [1.165, 1.54) is 0 Å². The average Bonchev–Trinajstić information content (AvgIpc) is 2.64. The van der Waals surface area contributed by atoms with Gasteiger partial charge in [-0.2, -0.15) is 0 Å². The average molecular weight is 246 g/mol. The van der Waals surface area contributed by atoms with Crippen LogP contribution in [-0.2, 0) is 13.1 Å². The van der Waals surface area contributed by atoms with Gasteiger partial charge >= 0.3 is 0 Å². The van der Waals surface area contributed by atoms with E-state index < -0.39 is 6.43 Å². The molecule has 0 unspecified atom stereocenters. The Kier molecular flexibility index (Phi) is 6.15. The van der Waals surface area contributed by atoms with Crippen LogP contribution in [0.5, 0.6) is 0 Å². The van der Waals surface area contributed by atoms with Crippen molar-refractivity contribution in [1.82, 2.24) is 10.2 Å². The van der Waals surface area contributed by atoms with Gasteiger partial charge in [0, 0.05) is 12.1 Å². The molecule has 1 heterocycles. The van der Waals surface area contributed by atoms with Gasteiger partial charge in [0.2, 0.25) is 0 Å². The normalized spacial score (nSPS) is 11.6. The minimum absolute atomic E-state index is 0.232. The van der Waals surface area contributed by atoms with Gasteiger partial charge in [0.1, 0.15) is 5.76 Å². The summed E-state index contributed by atoms with van der Waals surface area (Å²) in [6.07, 6.45) is 0.455. The van der Waals surface area contributed by atoms with E-state index in [0.717, 1.165) is 30.8 Å². The lowest BCUT2D eigenvalue weighted by molar-refractivity contribution is 0.0946. The van der Waals surface area contributed by atoms with Gasteiger partial charge in [-0.3, -0.25) is 4.90 Å². The van der Waals surface area contributed by atoms with Crippen LogP contribution in [0.2, 0.25) is 0 Å². The van der Waals surface area contributed by atoms with Gasteiger partial charge in [-0.1, -0.05) is 6.92 Å². The SMILES string of the molecule is CCCNCc1coc(CN(C)CC(F)F)c1. The molecule has 0 saturated carbocycles. The molecular weight excluding hydrogens is 226 g/mol. The van der Waals surface area contributed by atoms with Crippen molar-refractivity contribution in [3.63, 3.8) is 0 Å². The predicted octanol–water partition coefficient (Wildman–Crippen LogP) is 2.48. The minimum atomic E-state index is -2.30. The molecule has 1 N–H and O–H groups in total. The van der Waals surface area contributed by atoms with E-state index >= 15 is 0 Å². The highest BCUT2D eigenvalue weighted by Crippen LogP contribution is 2.10.